The average molecular weight is 339 g/mol. The predicted molar refractivity (Wildman–Crippen MR) is 106 cm³/mol. The fourth-order valence-corrected chi connectivity index (χ4v) is 3.00. The Hall–Kier alpha value is -2.36. The highest BCUT2D eigenvalue weighted by Gasteiger charge is 2.18. The summed E-state index contributed by atoms with van der Waals surface area (Å²) in [4.78, 5) is 21.6. The third-order valence-electron chi connectivity index (χ3n) is 4.18. The molecule has 2 aromatic rings. The Kier molecular flexibility index (Phi) is 6.99. The number of hydrogen-bond acceptors (Lipinski definition) is 3. The van der Waals surface area contributed by atoms with Gasteiger partial charge in [-0.2, -0.15) is 0 Å². The van der Waals surface area contributed by atoms with Crippen LogP contribution in [0.3, 0.4) is 0 Å². The van der Waals surface area contributed by atoms with E-state index in [1.165, 1.54) is 0 Å². The molecule has 1 aromatic carbocycles. The van der Waals surface area contributed by atoms with Crippen molar-refractivity contribution >= 4 is 17.4 Å². The number of aryl methyl sites for hydroxylation is 1. The molecule has 1 aromatic heterocycles. The van der Waals surface area contributed by atoms with Gasteiger partial charge in [-0.25, -0.2) is 4.98 Å². The number of anilines is 2. The molecular weight excluding hydrogens is 310 g/mol. The van der Waals surface area contributed by atoms with Crippen LogP contribution in [0.15, 0.2) is 42.6 Å². The SMILES string of the molecule is CCCN(CCC)c1cc(C(=O)N(CC)c2cccc(C)c2)ccn1. The maximum Gasteiger partial charge on any atom is 0.258 e. The van der Waals surface area contributed by atoms with E-state index < -0.39 is 0 Å². The van der Waals surface area contributed by atoms with Crippen molar-refractivity contribution in [2.45, 2.75) is 40.5 Å². The van der Waals surface area contributed by atoms with Gasteiger partial charge < -0.3 is 9.80 Å². The first-order valence-electron chi connectivity index (χ1n) is 9.20. The lowest BCUT2D eigenvalue weighted by Gasteiger charge is -2.24. The number of hydrogen-bond donors (Lipinski definition) is 0. The number of pyridine rings is 1. The van der Waals surface area contributed by atoms with Gasteiger partial charge in [-0.3, -0.25) is 4.79 Å². The average Bonchev–Trinajstić information content (AvgIpc) is 2.62. The fourth-order valence-electron chi connectivity index (χ4n) is 3.00. The van der Waals surface area contributed by atoms with Crippen LogP contribution in [0.1, 0.15) is 49.5 Å². The first-order chi connectivity index (χ1) is 12.1. The Bertz CT molecular complexity index is 693. The molecule has 0 bridgehead atoms. The summed E-state index contributed by atoms with van der Waals surface area (Å²) in [6, 6.07) is 11.8. The van der Waals surface area contributed by atoms with Gasteiger partial charge in [0.1, 0.15) is 5.82 Å². The highest BCUT2D eigenvalue weighted by Crippen LogP contribution is 2.20. The van der Waals surface area contributed by atoms with Gasteiger partial charge in [0, 0.05) is 37.1 Å². The topological polar surface area (TPSA) is 36.4 Å². The molecule has 25 heavy (non-hydrogen) atoms. The molecule has 0 N–H and O–H groups in total. The van der Waals surface area contributed by atoms with Crippen LogP contribution < -0.4 is 9.80 Å². The van der Waals surface area contributed by atoms with E-state index in [4.69, 9.17) is 0 Å². The molecule has 2 rings (SSSR count). The van der Waals surface area contributed by atoms with Crippen LogP contribution in [0, 0.1) is 6.92 Å². The van der Waals surface area contributed by atoms with Gasteiger partial charge in [-0.1, -0.05) is 26.0 Å². The Balaban J connectivity index is 2.30. The van der Waals surface area contributed by atoms with Crippen molar-refractivity contribution < 1.29 is 4.79 Å². The summed E-state index contributed by atoms with van der Waals surface area (Å²) in [6.45, 7) is 10.9. The van der Waals surface area contributed by atoms with Gasteiger partial charge in [-0.05, 0) is 56.5 Å². The molecule has 0 aliphatic heterocycles. The molecule has 0 atom stereocenters. The minimum absolute atomic E-state index is 0.0182. The Morgan fingerprint density at radius 2 is 1.76 bits per heavy atom. The van der Waals surface area contributed by atoms with Gasteiger partial charge in [0.2, 0.25) is 0 Å². The number of rotatable bonds is 8. The molecule has 0 spiro atoms. The molecule has 0 fully saturated rings. The molecule has 0 saturated heterocycles. The van der Waals surface area contributed by atoms with E-state index in [1.807, 2.05) is 49.1 Å². The standard InChI is InChI=1S/C21H29N3O/c1-5-13-23(14-6-2)20-16-18(11-12-22-20)21(25)24(7-3)19-10-8-9-17(4)15-19/h8-12,15-16H,5-7,13-14H2,1-4H3. The van der Waals surface area contributed by atoms with Gasteiger partial charge in [0.25, 0.3) is 5.91 Å². The van der Waals surface area contributed by atoms with Crippen LogP contribution >= 0.6 is 0 Å². The molecule has 0 saturated carbocycles. The maximum absolute atomic E-state index is 13.1. The molecule has 0 radical (unpaired) electrons. The lowest BCUT2D eigenvalue weighted by atomic mass is 10.1. The molecule has 1 heterocycles. The normalized spacial score (nSPS) is 10.6. The number of carbonyl (C=O) groups is 1. The number of amides is 1. The minimum Gasteiger partial charge on any atom is -0.357 e. The highest BCUT2D eigenvalue weighted by atomic mass is 16.2. The van der Waals surface area contributed by atoms with E-state index >= 15 is 0 Å². The first kappa shape index (κ1) is 19.0. The van der Waals surface area contributed by atoms with Gasteiger partial charge >= 0.3 is 0 Å². The van der Waals surface area contributed by atoms with Crippen molar-refractivity contribution in [2.75, 3.05) is 29.4 Å². The van der Waals surface area contributed by atoms with Crippen LogP contribution in [0.4, 0.5) is 11.5 Å². The molecule has 1 amide bonds. The lowest BCUT2D eigenvalue weighted by Crippen LogP contribution is -2.31. The van der Waals surface area contributed by atoms with Crippen LogP contribution in [0.2, 0.25) is 0 Å². The molecule has 134 valence electrons. The monoisotopic (exact) mass is 339 g/mol. The zero-order chi connectivity index (χ0) is 18.2. The van der Waals surface area contributed by atoms with Crippen molar-refractivity contribution in [1.82, 2.24) is 4.98 Å². The van der Waals surface area contributed by atoms with Crippen LogP contribution in [-0.4, -0.2) is 30.5 Å². The quantitative estimate of drug-likeness (QED) is 0.700. The van der Waals surface area contributed by atoms with E-state index in [-0.39, 0.29) is 5.91 Å². The second kappa shape index (κ2) is 9.21. The van der Waals surface area contributed by atoms with E-state index in [0.29, 0.717) is 12.1 Å². The first-order valence-corrected chi connectivity index (χ1v) is 9.20. The Morgan fingerprint density at radius 1 is 1.04 bits per heavy atom. The largest absolute Gasteiger partial charge is 0.357 e. The zero-order valence-corrected chi connectivity index (χ0v) is 15.8. The lowest BCUT2D eigenvalue weighted by molar-refractivity contribution is 0.0988. The Morgan fingerprint density at radius 3 is 2.36 bits per heavy atom. The Labute approximate surface area is 151 Å². The summed E-state index contributed by atoms with van der Waals surface area (Å²) < 4.78 is 0. The van der Waals surface area contributed by atoms with Gasteiger partial charge in [0.15, 0.2) is 0 Å². The fraction of sp³-hybridized carbons (Fsp3) is 0.429. The highest BCUT2D eigenvalue weighted by molar-refractivity contribution is 6.06. The third kappa shape index (κ3) is 4.81. The smallest absolute Gasteiger partial charge is 0.258 e. The molecular formula is C21H29N3O. The number of nitrogens with zero attached hydrogens (tertiary/aromatic N) is 3. The van der Waals surface area contributed by atoms with E-state index in [9.17, 15) is 4.79 Å². The maximum atomic E-state index is 13.1. The molecule has 4 nitrogen and oxygen atoms in total. The predicted octanol–water partition coefficient (Wildman–Crippen LogP) is 4.68. The summed E-state index contributed by atoms with van der Waals surface area (Å²) in [5.74, 6) is 0.902. The second-order valence-corrected chi connectivity index (χ2v) is 6.28. The molecule has 0 aliphatic carbocycles. The van der Waals surface area contributed by atoms with E-state index in [2.05, 4.69) is 23.7 Å². The zero-order valence-electron chi connectivity index (χ0n) is 15.8. The van der Waals surface area contributed by atoms with Crippen LogP contribution in [0.5, 0.6) is 0 Å². The van der Waals surface area contributed by atoms with Crippen molar-refractivity contribution in [2.24, 2.45) is 0 Å². The summed E-state index contributed by atoms with van der Waals surface area (Å²) in [5, 5.41) is 0. The number of carbonyl (C=O) groups excluding carboxylic acids is 1. The summed E-state index contributed by atoms with van der Waals surface area (Å²) in [6.07, 6.45) is 3.86. The number of aromatic nitrogens is 1. The van der Waals surface area contributed by atoms with Crippen molar-refractivity contribution in [3.63, 3.8) is 0 Å². The molecule has 0 unspecified atom stereocenters. The molecule has 4 heteroatoms. The minimum atomic E-state index is 0.0182. The van der Waals surface area contributed by atoms with Crippen molar-refractivity contribution in [1.29, 1.82) is 0 Å². The van der Waals surface area contributed by atoms with E-state index in [1.54, 1.807) is 12.3 Å². The van der Waals surface area contributed by atoms with E-state index in [0.717, 1.165) is 43.0 Å². The van der Waals surface area contributed by atoms with Crippen LogP contribution in [-0.2, 0) is 0 Å². The van der Waals surface area contributed by atoms with Crippen molar-refractivity contribution in [3.8, 4) is 0 Å². The van der Waals surface area contributed by atoms with Gasteiger partial charge in [0.05, 0.1) is 0 Å². The second-order valence-electron chi connectivity index (χ2n) is 6.28. The van der Waals surface area contributed by atoms with Gasteiger partial charge in [-0.15, -0.1) is 0 Å². The summed E-state index contributed by atoms with van der Waals surface area (Å²) >= 11 is 0. The molecule has 0 aliphatic rings. The number of benzene rings is 1. The van der Waals surface area contributed by atoms with Crippen molar-refractivity contribution in [3.05, 3.63) is 53.7 Å². The third-order valence-corrected chi connectivity index (χ3v) is 4.18. The summed E-state index contributed by atoms with van der Waals surface area (Å²) in [7, 11) is 0. The summed E-state index contributed by atoms with van der Waals surface area (Å²) in [5.41, 5.74) is 2.77. The van der Waals surface area contributed by atoms with Crippen LogP contribution in [0.25, 0.3) is 0 Å².